The molecule has 0 aliphatic heterocycles. The highest BCUT2D eigenvalue weighted by Crippen LogP contribution is 2.18. The number of methoxy groups -OCH3 is 1. The van der Waals surface area contributed by atoms with Crippen molar-refractivity contribution < 1.29 is 4.74 Å². The molecule has 0 spiro atoms. The van der Waals surface area contributed by atoms with Gasteiger partial charge in [0.25, 0.3) is 0 Å². The minimum absolute atomic E-state index is 0.379. The van der Waals surface area contributed by atoms with Gasteiger partial charge < -0.3 is 15.0 Å². The average molecular weight is 264 g/mol. The second-order valence-corrected chi connectivity index (χ2v) is 4.92. The lowest BCUT2D eigenvalue weighted by Gasteiger charge is -2.27. The van der Waals surface area contributed by atoms with Crippen molar-refractivity contribution in [2.45, 2.75) is 32.7 Å². The first kappa shape index (κ1) is 16.0. The highest BCUT2D eigenvalue weighted by atomic mass is 16.5. The Kier molecular flexibility index (Phi) is 7.53. The first-order valence-electron chi connectivity index (χ1n) is 7.28. The van der Waals surface area contributed by atoms with Crippen molar-refractivity contribution in [2.24, 2.45) is 0 Å². The normalized spacial score (nSPS) is 12.7. The molecule has 1 atom stereocenters. The van der Waals surface area contributed by atoms with Gasteiger partial charge in [-0.1, -0.05) is 26.0 Å². The molecule has 19 heavy (non-hydrogen) atoms. The van der Waals surface area contributed by atoms with Crippen LogP contribution < -0.4 is 10.1 Å². The Bertz CT molecular complexity index is 331. The van der Waals surface area contributed by atoms with E-state index in [0.29, 0.717) is 6.04 Å². The second-order valence-electron chi connectivity index (χ2n) is 4.92. The molecule has 0 aromatic heterocycles. The molecule has 0 saturated heterocycles. The molecule has 0 aliphatic carbocycles. The molecule has 1 N–H and O–H groups in total. The minimum Gasteiger partial charge on any atom is -0.497 e. The summed E-state index contributed by atoms with van der Waals surface area (Å²) in [4.78, 5) is 2.53. The summed E-state index contributed by atoms with van der Waals surface area (Å²) in [6.45, 7) is 7.88. The molecular formula is C16H28N2O. The van der Waals surface area contributed by atoms with Crippen molar-refractivity contribution in [1.29, 1.82) is 0 Å². The Balaban J connectivity index is 2.69. The molecule has 0 fully saturated rings. The highest BCUT2D eigenvalue weighted by molar-refractivity contribution is 5.29. The van der Waals surface area contributed by atoms with E-state index in [1.54, 1.807) is 7.11 Å². The Hall–Kier alpha value is -1.06. The summed E-state index contributed by atoms with van der Waals surface area (Å²) in [6.07, 6.45) is 2.41. The van der Waals surface area contributed by atoms with Gasteiger partial charge in [0.1, 0.15) is 5.75 Å². The molecule has 0 amide bonds. The molecule has 0 aliphatic rings. The van der Waals surface area contributed by atoms with Crippen LogP contribution in [0.5, 0.6) is 5.75 Å². The number of likely N-dealkylation sites (N-methyl/N-ethyl adjacent to an activating group) is 1. The van der Waals surface area contributed by atoms with Crippen LogP contribution in [0.3, 0.4) is 0 Å². The van der Waals surface area contributed by atoms with E-state index in [1.165, 1.54) is 31.5 Å². The maximum atomic E-state index is 5.21. The molecule has 0 radical (unpaired) electrons. The maximum absolute atomic E-state index is 5.21. The first-order valence-corrected chi connectivity index (χ1v) is 7.28. The van der Waals surface area contributed by atoms with Crippen LogP contribution in [0.25, 0.3) is 0 Å². The Morgan fingerprint density at radius 2 is 1.68 bits per heavy atom. The van der Waals surface area contributed by atoms with Gasteiger partial charge in [-0.2, -0.15) is 0 Å². The predicted octanol–water partition coefficient (Wildman–Crippen LogP) is 3.08. The van der Waals surface area contributed by atoms with E-state index >= 15 is 0 Å². The molecule has 0 heterocycles. The monoisotopic (exact) mass is 264 g/mol. The van der Waals surface area contributed by atoms with E-state index in [4.69, 9.17) is 4.74 Å². The summed E-state index contributed by atoms with van der Waals surface area (Å²) < 4.78 is 5.21. The molecule has 1 aromatic carbocycles. The van der Waals surface area contributed by atoms with Crippen molar-refractivity contribution in [3.05, 3.63) is 29.8 Å². The van der Waals surface area contributed by atoms with E-state index in [-0.39, 0.29) is 0 Å². The van der Waals surface area contributed by atoms with Crippen molar-refractivity contribution in [3.8, 4) is 5.75 Å². The van der Waals surface area contributed by atoms with Gasteiger partial charge in [0.05, 0.1) is 7.11 Å². The summed E-state index contributed by atoms with van der Waals surface area (Å²) in [5, 5.41) is 3.42. The smallest absolute Gasteiger partial charge is 0.118 e. The fourth-order valence-electron chi connectivity index (χ4n) is 2.38. The number of benzene rings is 1. The molecule has 1 aromatic rings. The third-order valence-electron chi connectivity index (χ3n) is 3.39. The zero-order valence-corrected chi connectivity index (χ0v) is 12.8. The van der Waals surface area contributed by atoms with E-state index in [2.05, 4.69) is 36.2 Å². The van der Waals surface area contributed by atoms with Crippen LogP contribution in [0.15, 0.2) is 24.3 Å². The van der Waals surface area contributed by atoms with E-state index in [9.17, 15) is 0 Å². The lowest BCUT2D eigenvalue weighted by molar-refractivity contribution is 0.247. The summed E-state index contributed by atoms with van der Waals surface area (Å²) in [7, 11) is 3.74. The summed E-state index contributed by atoms with van der Waals surface area (Å²) >= 11 is 0. The SMILES string of the molecule is CCCN(CCC)CC(NC)c1ccc(OC)cc1. The Morgan fingerprint density at radius 3 is 2.11 bits per heavy atom. The standard InChI is InChI=1S/C16H28N2O/c1-5-11-18(12-6-2)13-16(17-3)14-7-9-15(19-4)10-8-14/h7-10,16-17H,5-6,11-13H2,1-4H3. The zero-order valence-electron chi connectivity index (χ0n) is 12.8. The largest absolute Gasteiger partial charge is 0.497 e. The zero-order chi connectivity index (χ0) is 14.1. The van der Waals surface area contributed by atoms with Gasteiger partial charge in [-0.25, -0.2) is 0 Å². The molecule has 0 bridgehead atoms. The number of nitrogens with zero attached hydrogens (tertiary/aromatic N) is 1. The van der Waals surface area contributed by atoms with Gasteiger partial charge in [0.15, 0.2) is 0 Å². The second kappa shape index (κ2) is 8.94. The highest BCUT2D eigenvalue weighted by Gasteiger charge is 2.13. The first-order chi connectivity index (χ1) is 9.24. The van der Waals surface area contributed by atoms with Gasteiger partial charge in [0, 0.05) is 12.6 Å². The average Bonchev–Trinajstić information content (AvgIpc) is 2.45. The molecule has 1 unspecified atom stereocenters. The lowest BCUT2D eigenvalue weighted by Crippen LogP contribution is -2.34. The van der Waals surface area contributed by atoms with Gasteiger partial charge >= 0.3 is 0 Å². The quantitative estimate of drug-likeness (QED) is 0.742. The summed E-state index contributed by atoms with van der Waals surface area (Å²) in [6, 6.07) is 8.74. The molecule has 0 saturated carbocycles. The van der Waals surface area contributed by atoms with Crippen LogP contribution in [0.2, 0.25) is 0 Å². The number of ether oxygens (including phenoxy) is 1. The predicted molar refractivity (Wildman–Crippen MR) is 81.8 cm³/mol. The van der Waals surface area contributed by atoms with Crippen molar-refractivity contribution in [2.75, 3.05) is 33.8 Å². The van der Waals surface area contributed by atoms with Crippen LogP contribution in [-0.2, 0) is 0 Å². The number of hydrogen-bond donors (Lipinski definition) is 1. The third-order valence-corrected chi connectivity index (χ3v) is 3.39. The van der Waals surface area contributed by atoms with Crippen LogP contribution in [0.4, 0.5) is 0 Å². The van der Waals surface area contributed by atoms with Crippen molar-refractivity contribution >= 4 is 0 Å². The van der Waals surface area contributed by atoms with Crippen molar-refractivity contribution in [1.82, 2.24) is 10.2 Å². The van der Waals surface area contributed by atoms with E-state index in [0.717, 1.165) is 12.3 Å². The van der Waals surface area contributed by atoms with Gasteiger partial charge in [0.2, 0.25) is 0 Å². The topological polar surface area (TPSA) is 24.5 Å². The molecule has 108 valence electrons. The van der Waals surface area contributed by atoms with Crippen LogP contribution in [-0.4, -0.2) is 38.7 Å². The summed E-state index contributed by atoms with van der Waals surface area (Å²) in [5.74, 6) is 0.914. The minimum atomic E-state index is 0.379. The maximum Gasteiger partial charge on any atom is 0.118 e. The lowest BCUT2D eigenvalue weighted by atomic mass is 10.1. The molecular weight excluding hydrogens is 236 g/mol. The molecule has 3 nitrogen and oxygen atoms in total. The fourth-order valence-corrected chi connectivity index (χ4v) is 2.38. The van der Waals surface area contributed by atoms with Gasteiger partial charge in [-0.05, 0) is 50.7 Å². The summed E-state index contributed by atoms with van der Waals surface area (Å²) in [5.41, 5.74) is 1.32. The van der Waals surface area contributed by atoms with Crippen LogP contribution in [0, 0.1) is 0 Å². The number of hydrogen-bond acceptors (Lipinski definition) is 3. The Labute approximate surface area is 118 Å². The fraction of sp³-hybridized carbons (Fsp3) is 0.625. The number of rotatable bonds is 9. The Morgan fingerprint density at radius 1 is 1.11 bits per heavy atom. The van der Waals surface area contributed by atoms with Gasteiger partial charge in [-0.3, -0.25) is 0 Å². The third kappa shape index (κ3) is 5.21. The molecule has 1 rings (SSSR count). The van der Waals surface area contributed by atoms with E-state index in [1.807, 2.05) is 19.2 Å². The van der Waals surface area contributed by atoms with Crippen LogP contribution in [0.1, 0.15) is 38.3 Å². The van der Waals surface area contributed by atoms with Crippen LogP contribution >= 0.6 is 0 Å². The number of nitrogens with one attached hydrogen (secondary N) is 1. The molecule has 3 heteroatoms. The van der Waals surface area contributed by atoms with Gasteiger partial charge in [-0.15, -0.1) is 0 Å². The van der Waals surface area contributed by atoms with Crippen molar-refractivity contribution in [3.63, 3.8) is 0 Å². The van der Waals surface area contributed by atoms with E-state index < -0.39 is 0 Å².